The molecule has 5 rings (SSSR count). The molecule has 1 aliphatic heterocycles. The van der Waals surface area contributed by atoms with Crippen molar-refractivity contribution in [2.24, 2.45) is 0 Å². The van der Waals surface area contributed by atoms with Gasteiger partial charge in [0.25, 0.3) is 5.91 Å². The maximum Gasteiger partial charge on any atom is 0.274 e. The highest BCUT2D eigenvalue weighted by atomic mass is 16.2. The van der Waals surface area contributed by atoms with Gasteiger partial charge in [0.2, 0.25) is 0 Å². The minimum atomic E-state index is -0.0925. The Bertz CT molecular complexity index is 1310. The summed E-state index contributed by atoms with van der Waals surface area (Å²) in [7, 11) is 0. The average molecular weight is 429 g/mol. The predicted octanol–water partition coefficient (Wildman–Crippen LogP) is 2.49. The molecular formula is C23H24N8O. The summed E-state index contributed by atoms with van der Waals surface area (Å²) in [4.78, 5) is 35.1. The number of carbonyl (C=O) groups is 1. The van der Waals surface area contributed by atoms with Crippen molar-refractivity contribution in [2.45, 2.75) is 20.8 Å². The third kappa shape index (κ3) is 3.77. The summed E-state index contributed by atoms with van der Waals surface area (Å²) in [6.45, 7) is 8.40. The van der Waals surface area contributed by atoms with Crippen molar-refractivity contribution >= 4 is 22.8 Å². The molecule has 0 aliphatic carbocycles. The van der Waals surface area contributed by atoms with E-state index in [0.717, 1.165) is 34.1 Å². The molecule has 1 saturated heterocycles. The van der Waals surface area contributed by atoms with Gasteiger partial charge in [0.05, 0.1) is 22.9 Å². The van der Waals surface area contributed by atoms with Gasteiger partial charge in [0.1, 0.15) is 17.3 Å². The Morgan fingerprint density at radius 2 is 1.59 bits per heavy atom. The number of amides is 1. The third-order valence-corrected chi connectivity index (χ3v) is 5.60. The zero-order valence-electron chi connectivity index (χ0n) is 18.4. The summed E-state index contributed by atoms with van der Waals surface area (Å²) in [5.74, 6) is 2.20. The molecule has 0 bridgehead atoms. The van der Waals surface area contributed by atoms with Crippen molar-refractivity contribution in [3.8, 4) is 5.82 Å². The molecule has 1 fully saturated rings. The molecule has 1 aromatic carbocycles. The molecule has 32 heavy (non-hydrogen) atoms. The van der Waals surface area contributed by atoms with E-state index in [1.165, 1.54) is 0 Å². The normalized spacial score (nSPS) is 14.2. The van der Waals surface area contributed by atoms with Crippen LogP contribution in [0.15, 0.2) is 42.6 Å². The minimum absolute atomic E-state index is 0.0925. The van der Waals surface area contributed by atoms with Crippen LogP contribution in [-0.4, -0.2) is 66.7 Å². The molecule has 1 amide bonds. The van der Waals surface area contributed by atoms with Gasteiger partial charge in [-0.1, -0.05) is 12.1 Å². The highest BCUT2D eigenvalue weighted by molar-refractivity contribution is 5.94. The predicted molar refractivity (Wildman–Crippen MR) is 121 cm³/mol. The van der Waals surface area contributed by atoms with E-state index in [0.29, 0.717) is 37.7 Å². The number of aryl methyl sites for hydroxylation is 3. The molecule has 0 spiro atoms. The first kappa shape index (κ1) is 20.0. The number of rotatable bonds is 3. The van der Waals surface area contributed by atoms with Gasteiger partial charge in [0.15, 0.2) is 5.82 Å². The van der Waals surface area contributed by atoms with Gasteiger partial charge < -0.3 is 9.80 Å². The molecule has 0 unspecified atom stereocenters. The molecule has 0 saturated carbocycles. The fraction of sp³-hybridized carbons (Fsp3) is 0.304. The highest BCUT2D eigenvalue weighted by Crippen LogP contribution is 2.19. The SMILES string of the molecule is Cc1cc(C)n(-c2cc(N3CCN(C(=O)c4cnc5ccccc5n4)CC3)nc(C)n2)n1. The second-order valence-electron chi connectivity index (χ2n) is 7.99. The maximum atomic E-state index is 13.0. The molecule has 4 aromatic rings. The first-order chi connectivity index (χ1) is 15.5. The summed E-state index contributed by atoms with van der Waals surface area (Å²) in [6.07, 6.45) is 1.56. The number of para-hydroxylation sites is 2. The summed E-state index contributed by atoms with van der Waals surface area (Å²) in [5.41, 5.74) is 3.86. The standard InChI is InChI=1S/C23H24N8O/c1-15-12-16(2)31(28-15)22-13-21(25-17(3)26-22)29-8-10-30(11-9-29)23(32)20-14-24-18-6-4-5-7-19(18)27-20/h4-7,12-14H,8-11H2,1-3H3. The van der Waals surface area contributed by atoms with Crippen LogP contribution in [0.5, 0.6) is 0 Å². The number of hydrogen-bond acceptors (Lipinski definition) is 7. The van der Waals surface area contributed by atoms with Gasteiger partial charge in [-0.25, -0.2) is 19.6 Å². The van der Waals surface area contributed by atoms with Crippen LogP contribution < -0.4 is 4.90 Å². The van der Waals surface area contributed by atoms with Gasteiger partial charge in [-0.15, -0.1) is 0 Å². The van der Waals surface area contributed by atoms with E-state index in [9.17, 15) is 4.79 Å². The summed E-state index contributed by atoms with van der Waals surface area (Å²) < 4.78 is 1.84. The van der Waals surface area contributed by atoms with Crippen molar-refractivity contribution in [3.63, 3.8) is 0 Å². The van der Waals surface area contributed by atoms with E-state index in [2.05, 4.69) is 29.9 Å². The zero-order chi connectivity index (χ0) is 22.2. The molecule has 4 heterocycles. The number of aromatic nitrogens is 6. The topological polar surface area (TPSA) is 92.9 Å². The van der Waals surface area contributed by atoms with E-state index in [1.54, 1.807) is 6.20 Å². The van der Waals surface area contributed by atoms with E-state index >= 15 is 0 Å². The number of piperazine rings is 1. The lowest BCUT2D eigenvalue weighted by molar-refractivity contribution is 0.0740. The van der Waals surface area contributed by atoms with Gasteiger partial charge >= 0.3 is 0 Å². The number of benzene rings is 1. The molecule has 0 atom stereocenters. The number of carbonyl (C=O) groups excluding carboxylic acids is 1. The minimum Gasteiger partial charge on any atom is -0.353 e. The Hall–Kier alpha value is -3.88. The van der Waals surface area contributed by atoms with Crippen LogP contribution >= 0.6 is 0 Å². The van der Waals surface area contributed by atoms with Crippen molar-refractivity contribution in [3.05, 3.63) is 65.5 Å². The van der Waals surface area contributed by atoms with Gasteiger partial charge in [-0.3, -0.25) is 9.78 Å². The Balaban J connectivity index is 1.32. The second-order valence-corrected chi connectivity index (χ2v) is 7.99. The van der Waals surface area contributed by atoms with Gasteiger partial charge in [0, 0.05) is 37.9 Å². The quantitative estimate of drug-likeness (QED) is 0.495. The van der Waals surface area contributed by atoms with Crippen LogP contribution in [-0.2, 0) is 0 Å². The van der Waals surface area contributed by atoms with E-state index in [4.69, 9.17) is 0 Å². The number of nitrogens with zero attached hydrogens (tertiary/aromatic N) is 8. The lowest BCUT2D eigenvalue weighted by Gasteiger charge is -2.35. The molecule has 3 aromatic heterocycles. The van der Waals surface area contributed by atoms with Crippen molar-refractivity contribution in [1.82, 2.24) is 34.6 Å². The van der Waals surface area contributed by atoms with Crippen molar-refractivity contribution < 1.29 is 4.79 Å². The smallest absolute Gasteiger partial charge is 0.274 e. The summed E-state index contributed by atoms with van der Waals surface area (Å²) in [5, 5.41) is 4.54. The van der Waals surface area contributed by atoms with Crippen molar-refractivity contribution in [2.75, 3.05) is 31.1 Å². The van der Waals surface area contributed by atoms with Crippen LogP contribution in [0.3, 0.4) is 0 Å². The molecule has 162 valence electrons. The molecule has 9 nitrogen and oxygen atoms in total. The number of hydrogen-bond donors (Lipinski definition) is 0. The lowest BCUT2D eigenvalue weighted by atomic mass is 10.2. The fourth-order valence-electron chi connectivity index (χ4n) is 4.03. The average Bonchev–Trinajstić information content (AvgIpc) is 3.16. The van der Waals surface area contributed by atoms with Crippen LogP contribution in [0.4, 0.5) is 5.82 Å². The number of fused-ring (bicyclic) bond motifs is 1. The summed E-state index contributed by atoms with van der Waals surface area (Å²) >= 11 is 0. The van der Waals surface area contributed by atoms with Crippen LogP contribution in [0.1, 0.15) is 27.7 Å². The van der Waals surface area contributed by atoms with Gasteiger partial charge in [-0.05, 0) is 39.0 Å². The fourth-order valence-corrected chi connectivity index (χ4v) is 4.03. The van der Waals surface area contributed by atoms with Crippen molar-refractivity contribution in [1.29, 1.82) is 0 Å². The molecule has 9 heteroatoms. The lowest BCUT2D eigenvalue weighted by Crippen LogP contribution is -2.49. The van der Waals surface area contributed by atoms with E-state index < -0.39 is 0 Å². The zero-order valence-corrected chi connectivity index (χ0v) is 18.4. The van der Waals surface area contributed by atoms with Gasteiger partial charge in [-0.2, -0.15) is 5.10 Å². The monoisotopic (exact) mass is 428 g/mol. The first-order valence-electron chi connectivity index (χ1n) is 10.6. The number of anilines is 1. The van der Waals surface area contributed by atoms with Crippen LogP contribution in [0, 0.1) is 20.8 Å². The Labute approximate surface area is 185 Å². The van der Waals surface area contributed by atoms with Crippen LogP contribution in [0.25, 0.3) is 16.9 Å². The molecule has 0 N–H and O–H groups in total. The second kappa shape index (κ2) is 7.99. The Kier molecular flexibility index (Phi) is 5.01. The molecular weight excluding hydrogens is 404 g/mol. The highest BCUT2D eigenvalue weighted by Gasteiger charge is 2.25. The largest absolute Gasteiger partial charge is 0.353 e. The van der Waals surface area contributed by atoms with E-state index in [-0.39, 0.29) is 5.91 Å². The molecule has 1 aliphatic rings. The summed E-state index contributed by atoms with van der Waals surface area (Å²) in [6, 6.07) is 11.5. The van der Waals surface area contributed by atoms with Crippen LogP contribution in [0.2, 0.25) is 0 Å². The Morgan fingerprint density at radius 3 is 2.31 bits per heavy atom. The molecule has 0 radical (unpaired) electrons. The first-order valence-corrected chi connectivity index (χ1v) is 10.6. The third-order valence-electron chi connectivity index (χ3n) is 5.60. The Morgan fingerprint density at radius 1 is 0.875 bits per heavy atom. The van der Waals surface area contributed by atoms with E-state index in [1.807, 2.05) is 66.8 Å². The maximum absolute atomic E-state index is 13.0.